The van der Waals surface area contributed by atoms with Gasteiger partial charge in [-0.25, -0.2) is 0 Å². The first-order chi connectivity index (χ1) is 12.2. The van der Waals surface area contributed by atoms with Crippen molar-refractivity contribution in [1.82, 2.24) is 10.2 Å². The van der Waals surface area contributed by atoms with Crippen LogP contribution in [0.1, 0.15) is 51.0 Å². The minimum absolute atomic E-state index is 0.342. The first-order valence-electron chi connectivity index (χ1n) is 9.89. The highest BCUT2D eigenvalue weighted by molar-refractivity contribution is 5.80. The molecule has 0 aromatic heterocycles. The van der Waals surface area contributed by atoms with Crippen molar-refractivity contribution >= 4 is 5.96 Å². The lowest BCUT2D eigenvalue weighted by molar-refractivity contribution is 0.299. The predicted octanol–water partition coefficient (Wildman–Crippen LogP) is 3.89. The number of hydrogen-bond donors (Lipinski definition) is 1. The molecule has 1 aromatic rings. The van der Waals surface area contributed by atoms with E-state index in [0.717, 1.165) is 36.6 Å². The molecule has 1 saturated carbocycles. The third kappa shape index (κ3) is 4.28. The zero-order chi connectivity index (χ0) is 17.6. The van der Waals surface area contributed by atoms with E-state index in [4.69, 9.17) is 9.73 Å². The average molecular weight is 344 g/mol. The fourth-order valence-electron chi connectivity index (χ4n) is 4.40. The molecule has 1 aliphatic heterocycles. The van der Waals surface area contributed by atoms with Crippen LogP contribution in [-0.4, -0.2) is 44.1 Å². The predicted molar refractivity (Wildman–Crippen MR) is 104 cm³/mol. The highest BCUT2D eigenvalue weighted by Crippen LogP contribution is 2.36. The summed E-state index contributed by atoms with van der Waals surface area (Å²) in [7, 11) is 1.74. The molecule has 4 heteroatoms. The summed E-state index contributed by atoms with van der Waals surface area (Å²) in [5.74, 6) is 4.16. The summed E-state index contributed by atoms with van der Waals surface area (Å²) in [5.41, 5.74) is 1.24. The van der Waals surface area contributed by atoms with E-state index in [1.807, 2.05) is 12.1 Å². The van der Waals surface area contributed by atoms with Crippen LogP contribution in [0.25, 0.3) is 0 Å². The Labute approximate surface area is 152 Å². The first kappa shape index (κ1) is 18.1. The summed E-state index contributed by atoms with van der Waals surface area (Å²) in [4.78, 5) is 7.48. The van der Waals surface area contributed by atoms with E-state index in [0.29, 0.717) is 5.92 Å². The summed E-state index contributed by atoms with van der Waals surface area (Å²) >= 11 is 0. The van der Waals surface area contributed by atoms with Crippen molar-refractivity contribution in [3.8, 4) is 5.75 Å². The molecule has 0 bridgehead atoms. The minimum atomic E-state index is 0.342. The number of benzene rings is 1. The fraction of sp³-hybridized carbons (Fsp3) is 0.667. The fourth-order valence-corrected chi connectivity index (χ4v) is 4.40. The van der Waals surface area contributed by atoms with Crippen LogP contribution >= 0.6 is 0 Å². The van der Waals surface area contributed by atoms with Gasteiger partial charge in [0.25, 0.3) is 0 Å². The highest BCUT2D eigenvalue weighted by atomic mass is 16.5. The Bertz CT molecular complexity index is 572. The second-order valence-corrected chi connectivity index (χ2v) is 7.55. The molecule has 2 fully saturated rings. The van der Waals surface area contributed by atoms with Gasteiger partial charge in [0.1, 0.15) is 5.75 Å². The Kier molecular flexibility index (Phi) is 6.22. The van der Waals surface area contributed by atoms with E-state index < -0.39 is 0 Å². The van der Waals surface area contributed by atoms with Gasteiger partial charge in [-0.3, -0.25) is 4.99 Å². The zero-order valence-corrected chi connectivity index (χ0v) is 16.0. The molecule has 3 atom stereocenters. The number of nitrogens with one attached hydrogen (secondary N) is 1. The van der Waals surface area contributed by atoms with Gasteiger partial charge in [-0.15, -0.1) is 0 Å². The second kappa shape index (κ2) is 8.59. The Balaban J connectivity index is 1.68. The molecule has 3 unspecified atom stereocenters. The number of ether oxygens (including phenoxy) is 1. The monoisotopic (exact) mass is 343 g/mol. The molecule has 4 nitrogen and oxygen atoms in total. The molecule has 1 saturated heterocycles. The van der Waals surface area contributed by atoms with Crippen molar-refractivity contribution in [2.45, 2.75) is 45.4 Å². The highest BCUT2D eigenvalue weighted by Gasteiger charge is 2.35. The number of fused-ring (bicyclic) bond motifs is 1. The average Bonchev–Trinajstić information content (AvgIpc) is 3.08. The van der Waals surface area contributed by atoms with E-state index in [2.05, 4.69) is 36.2 Å². The Hall–Kier alpha value is -1.71. The number of guanidine groups is 1. The molecular weight excluding hydrogens is 310 g/mol. The molecule has 138 valence electrons. The Morgan fingerprint density at radius 3 is 2.56 bits per heavy atom. The molecule has 1 aromatic carbocycles. The van der Waals surface area contributed by atoms with Crippen molar-refractivity contribution in [2.24, 2.45) is 16.8 Å². The molecule has 0 spiro atoms. The summed E-state index contributed by atoms with van der Waals surface area (Å²) in [6, 6.07) is 8.28. The lowest BCUT2D eigenvalue weighted by atomic mass is 9.82. The third-order valence-electron chi connectivity index (χ3n) is 5.80. The van der Waals surface area contributed by atoms with Crippen LogP contribution in [0.5, 0.6) is 5.75 Å². The van der Waals surface area contributed by atoms with Gasteiger partial charge in [-0.05, 0) is 43.2 Å². The smallest absolute Gasteiger partial charge is 0.193 e. The summed E-state index contributed by atoms with van der Waals surface area (Å²) in [6.45, 7) is 8.46. The number of aliphatic imine (C=N–C) groups is 1. The normalized spacial score (nSPS) is 24.8. The molecule has 1 N–H and O–H groups in total. The van der Waals surface area contributed by atoms with Crippen LogP contribution < -0.4 is 10.1 Å². The van der Waals surface area contributed by atoms with E-state index >= 15 is 0 Å². The van der Waals surface area contributed by atoms with Crippen molar-refractivity contribution in [2.75, 3.05) is 33.3 Å². The first-order valence-corrected chi connectivity index (χ1v) is 9.89. The molecule has 2 aliphatic rings. The Morgan fingerprint density at radius 2 is 1.92 bits per heavy atom. The number of nitrogens with zero attached hydrogens (tertiary/aromatic N) is 2. The minimum Gasteiger partial charge on any atom is -0.496 e. The topological polar surface area (TPSA) is 36.9 Å². The van der Waals surface area contributed by atoms with Crippen LogP contribution in [-0.2, 0) is 0 Å². The van der Waals surface area contributed by atoms with E-state index in [9.17, 15) is 0 Å². The molecule has 0 amide bonds. The van der Waals surface area contributed by atoms with Gasteiger partial charge in [0.15, 0.2) is 5.96 Å². The standard InChI is InChI=1S/C21H33N3O/c1-4-22-21(24-14-17-9-5-6-10-18(17)15-24)23-13-16(2)19-11-7-8-12-20(19)25-3/h7-8,11-12,16-18H,4-6,9-10,13-15H2,1-3H3,(H,22,23). The van der Waals surface area contributed by atoms with Crippen molar-refractivity contribution in [3.63, 3.8) is 0 Å². The molecule has 1 aliphatic carbocycles. The van der Waals surface area contributed by atoms with Gasteiger partial charge >= 0.3 is 0 Å². The maximum Gasteiger partial charge on any atom is 0.193 e. The quantitative estimate of drug-likeness (QED) is 0.651. The van der Waals surface area contributed by atoms with Crippen molar-refractivity contribution < 1.29 is 4.74 Å². The maximum atomic E-state index is 5.51. The van der Waals surface area contributed by atoms with Crippen molar-refractivity contribution in [1.29, 1.82) is 0 Å². The second-order valence-electron chi connectivity index (χ2n) is 7.55. The number of rotatable bonds is 5. The summed E-state index contributed by atoms with van der Waals surface area (Å²) < 4.78 is 5.51. The van der Waals surface area contributed by atoms with Gasteiger partial charge in [0.2, 0.25) is 0 Å². The molecular formula is C21H33N3O. The molecule has 25 heavy (non-hydrogen) atoms. The number of hydrogen-bond acceptors (Lipinski definition) is 2. The summed E-state index contributed by atoms with van der Waals surface area (Å²) in [6.07, 6.45) is 5.62. The van der Waals surface area contributed by atoms with Crippen molar-refractivity contribution in [3.05, 3.63) is 29.8 Å². The molecule has 0 radical (unpaired) electrons. The van der Waals surface area contributed by atoms with Gasteiger partial charge in [-0.1, -0.05) is 38.0 Å². The van der Waals surface area contributed by atoms with E-state index in [-0.39, 0.29) is 0 Å². The van der Waals surface area contributed by atoms with Gasteiger partial charge < -0.3 is 15.0 Å². The Morgan fingerprint density at radius 1 is 1.24 bits per heavy atom. The third-order valence-corrected chi connectivity index (χ3v) is 5.80. The van der Waals surface area contributed by atoms with E-state index in [1.165, 1.54) is 44.3 Å². The number of methoxy groups -OCH3 is 1. The van der Waals surface area contributed by atoms with E-state index in [1.54, 1.807) is 7.11 Å². The van der Waals surface area contributed by atoms with Crippen LogP contribution in [0.3, 0.4) is 0 Å². The lowest BCUT2D eigenvalue weighted by Gasteiger charge is -2.22. The van der Waals surface area contributed by atoms with Gasteiger partial charge in [-0.2, -0.15) is 0 Å². The number of likely N-dealkylation sites (tertiary alicyclic amines) is 1. The van der Waals surface area contributed by atoms with Crippen LogP contribution in [0.4, 0.5) is 0 Å². The van der Waals surface area contributed by atoms with Crippen LogP contribution in [0.15, 0.2) is 29.3 Å². The zero-order valence-electron chi connectivity index (χ0n) is 16.0. The lowest BCUT2D eigenvalue weighted by Crippen LogP contribution is -2.40. The van der Waals surface area contributed by atoms with Crippen LogP contribution in [0.2, 0.25) is 0 Å². The van der Waals surface area contributed by atoms with Gasteiger partial charge in [0.05, 0.1) is 7.11 Å². The summed E-state index contributed by atoms with van der Waals surface area (Å²) in [5, 5.41) is 3.51. The maximum absolute atomic E-state index is 5.51. The SMILES string of the molecule is CCNC(=NCC(C)c1ccccc1OC)N1CC2CCCCC2C1. The van der Waals surface area contributed by atoms with Gasteiger partial charge in [0, 0.05) is 32.1 Å². The van der Waals surface area contributed by atoms with Crippen LogP contribution in [0, 0.1) is 11.8 Å². The largest absolute Gasteiger partial charge is 0.496 e. The molecule has 3 rings (SSSR count). The number of para-hydroxylation sites is 1. The molecule has 1 heterocycles.